The fourth-order valence-electron chi connectivity index (χ4n) is 2.61. The second-order valence-corrected chi connectivity index (χ2v) is 5.33. The first kappa shape index (κ1) is 15.7. The molecule has 0 saturated carbocycles. The van der Waals surface area contributed by atoms with Gasteiger partial charge in [0.05, 0.1) is 12.7 Å². The molecule has 2 heterocycles. The van der Waals surface area contributed by atoms with Crippen LogP contribution in [0.25, 0.3) is 0 Å². The van der Waals surface area contributed by atoms with Gasteiger partial charge in [0, 0.05) is 25.2 Å². The number of nitrogens with two attached hydrogens (primary N) is 1. The number of nitrogens with one attached hydrogen (secondary N) is 1. The van der Waals surface area contributed by atoms with Gasteiger partial charge in [0.15, 0.2) is 0 Å². The summed E-state index contributed by atoms with van der Waals surface area (Å²) in [6.45, 7) is 2.41. The molecule has 1 unspecified atom stereocenters. The average molecular weight is 292 g/mol. The topological polar surface area (TPSA) is 80.5 Å². The summed E-state index contributed by atoms with van der Waals surface area (Å²) in [7, 11) is 2.14. The molecule has 116 valence electrons. The van der Waals surface area contributed by atoms with E-state index in [1.165, 1.54) is 12.0 Å². The second-order valence-electron chi connectivity index (χ2n) is 5.33. The van der Waals surface area contributed by atoms with Gasteiger partial charge in [-0.15, -0.1) is 0 Å². The Bertz CT molecular complexity index is 467. The van der Waals surface area contributed by atoms with Gasteiger partial charge in [-0.3, -0.25) is 14.7 Å². The molecule has 1 aromatic heterocycles. The Morgan fingerprint density at radius 1 is 1.57 bits per heavy atom. The highest BCUT2D eigenvalue weighted by molar-refractivity contribution is 5.75. The van der Waals surface area contributed by atoms with Crippen LogP contribution in [0.15, 0.2) is 18.5 Å². The van der Waals surface area contributed by atoms with Crippen LogP contribution in [0, 0.1) is 0 Å². The van der Waals surface area contributed by atoms with Crippen molar-refractivity contribution in [3.63, 3.8) is 0 Å². The van der Waals surface area contributed by atoms with Crippen molar-refractivity contribution >= 4 is 5.91 Å². The number of ether oxygens (including phenoxy) is 1. The zero-order valence-corrected chi connectivity index (χ0v) is 12.5. The number of amides is 1. The van der Waals surface area contributed by atoms with E-state index in [4.69, 9.17) is 10.5 Å². The molecule has 1 aliphatic rings. The summed E-state index contributed by atoms with van der Waals surface area (Å²) < 4.78 is 5.64. The highest BCUT2D eigenvalue weighted by Gasteiger charge is 2.22. The maximum atomic E-state index is 11.3. The molecule has 1 fully saturated rings. The van der Waals surface area contributed by atoms with Crippen molar-refractivity contribution in [3.05, 3.63) is 24.0 Å². The molecule has 0 aliphatic carbocycles. The lowest BCUT2D eigenvalue weighted by Crippen LogP contribution is -2.29. The molecule has 2 rings (SSSR count). The molecule has 0 bridgehead atoms. The van der Waals surface area contributed by atoms with Crippen LogP contribution < -0.4 is 15.8 Å². The summed E-state index contributed by atoms with van der Waals surface area (Å²) in [4.78, 5) is 17.8. The normalized spacial score (nSPS) is 18.7. The number of likely N-dealkylation sites (tertiary alicyclic amines) is 1. The molecular weight excluding hydrogens is 268 g/mol. The minimum atomic E-state index is -0.0412. The van der Waals surface area contributed by atoms with Gasteiger partial charge in [0.2, 0.25) is 5.91 Å². The fraction of sp³-hybridized carbons (Fsp3) is 0.600. The van der Waals surface area contributed by atoms with Crippen molar-refractivity contribution in [2.24, 2.45) is 5.73 Å². The molecule has 1 amide bonds. The summed E-state index contributed by atoms with van der Waals surface area (Å²) in [6.07, 6.45) is 6.35. The highest BCUT2D eigenvalue weighted by atomic mass is 16.5. The standard InChI is InChI=1S/C15H24N4O2/c1-19-7-2-3-14(19)12-9-13(11-17-10-12)21-8-6-18-15(20)4-5-16/h9-11,14H,2-8,16H2,1H3,(H,18,20). The van der Waals surface area contributed by atoms with Crippen LogP contribution in [0.4, 0.5) is 0 Å². The van der Waals surface area contributed by atoms with E-state index in [9.17, 15) is 4.79 Å². The Balaban J connectivity index is 1.80. The van der Waals surface area contributed by atoms with Crippen molar-refractivity contribution in [1.29, 1.82) is 0 Å². The summed E-state index contributed by atoms with van der Waals surface area (Å²) in [5, 5.41) is 2.76. The predicted octanol–water partition coefficient (Wildman–Crippen LogP) is 0.692. The second kappa shape index (κ2) is 7.95. The summed E-state index contributed by atoms with van der Waals surface area (Å²) >= 11 is 0. The lowest BCUT2D eigenvalue weighted by molar-refractivity contribution is -0.120. The number of carbonyl (C=O) groups is 1. The molecule has 0 aromatic carbocycles. The first-order valence-electron chi connectivity index (χ1n) is 7.45. The Labute approximate surface area is 125 Å². The monoisotopic (exact) mass is 292 g/mol. The van der Waals surface area contributed by atoms with Crippen LogP contribution in [-0.2, 0) is 4.79 Å². The first-order valence-corrected chi connectivity index (χ1v) is 7.45. The zero-order valence-electron chi connectivity index (χ0n) is 12.5. The van der Waals surface area contributed by atoms with Crippen LogP contribution in [0.3, 0.4) is 0 Å². The van der Waals surface area contributed by atoms with Gasteiger partial charge in [-0.1, -0.05) is 0 Å². The van der Waals surface area contributed by atoms with Crippen LogP contribution in [0.1, 0.15) is 30.9 Å². The third-order valence-electron chi connectivity index (χ3n) is 3.70. The third kappa shape index (κ3) is 4.68. The molecule has 21 heavy (non-hydrogen) atoms. The van der Waals surface area contributed by atoms with Crippen LogP contribution in [-0.4, -0.2) is 49.1 Å². The predicted molar refractivity (Wildman–Crippen MR) is 81.0 cm³/mol. The van der Waals surface area contributed by atoms with Crippen molar-refractivity contribution in [1.82, 2.24) is 15.2 Å². The minimum absolute atomic E-state index is 0.0412. The Morgan fingerprint density at radius 2 is 2.43 bits per heavy atom. The highest BCUT2D eigenvalue weighted by Crippen LogP contribution is 2.31. The van der Waals surface area contributed by atoms with Gasteiger partial charge in [-0.25, -0.2) is 0 Å². The van der Waals surface area contributed by atoms with E-state index in [1.54, 1.807) is 6.20 Å². The van der Waals surface area contributed by atoms with Crippen molar-refractivity contribution in [2.75, 3.05) is 33.3 Å². The van der Waals surface area contributed by atoms with Gasteiger partial charge >= 0.3 is 0 Å². The number of rotatable bonds is 7. The quantitative estimate of drug-likeness (QED) is 0.723. The molecule has 1 saturated heterocycles. The van der Waals surface area contributed by atoms with Crippen LogP contribution in [0.2, 0.25) is 0 Å². The van der Waals surface area contributed by atoms with E-state index in [2.05, 4.69) is 22.2 Å². The van der Waals surface area contributed by atoms with Gasteiger partial charge in [0.25, 0.3) is 0 Å². The van der Waals surface area contributed by atoms with E-state index in [0.29, 0.717) is 32.2 Å². The van der Waals surface area contributed by atoms with Gasteiger partial charge in [-0.2, -0.15) is 0 Å². The maximum absolute atomic E-state index is 11.3. The fourth-order valence-corrected chi connectivity index (χ4v) is 2.61. The molecule has 3 N–H and O–H groups in total. The molecule has 6 heteroatoms. The van der Waals surface area contributed by atoms with E-state index >= 15 is 0 Å². The maximum Gasteiger partial charge on any atom is 0.221 e. The van der Waals surface area contributed by atoms with E-state index in [1.807, 2.05) is 12.3 Å². The van der Waals surface area contributed by atoms with Gasteiger partial charge < -0.3 is 15.8 Å². The third-order valence-corrected chi connectivity index (χ3v) is 3.70. The molecule has 6 nitrogen and oxygen atoms in total. The van der Waals surface area contributed by atoms with E-state index < -0.39 is 0 Å². The summed E-state index contributed by atoms with van der Waals surface area (Å²) in [5.74, 6) is 0.710. The Hall–Kier alpha value is -1.66. The average Bonchev–Trinajstić information content (AvgIpc) is 2.90. The number of hydrogen-bond donors (Lipinski definition) is 2. The van der Waals surface area contributed by atoms with E-state index in [0.717, 1.165) is 18.7 Å². The van der Waals surface area contributed by atoms with Gasteiger partial charge in [-0.05, 0) is 38.1 Å². The molecule has 1 aromatic rings. The summed E-state index contributed by atoms with van der Waals surface area (Å²) in [6, 6.07) is 2.48. The zero-order chi connectivity index (χ0) is 15.1. The minimum Gasteiger partial charge on any atom is -0.490 e. The lowest BCUT2D eigenvalue weighted by Gasteiger charge is -2.19. The molecule has 1 aliphatic heterocycles. The summed E-state index contributed by atoms with van der Waals surface area (Å²) in [5.41, 5.74) is 6.50. The smallest absolute Gasteiger partial charge is 0.221 e. The lowest BCUT2D eigenvalue weighted by atomic mass is 10.1. The number of hydrogen-bond acceptors (Lipinski definition) is 5. The van der Waals surface area contributed by atoms with Crippen molar-refractivity contribution in [3.8, 4) is 5.75 Å². The SMILES string of the molecule is CN1CCCC1c1cncc(OCCNC(=O)CCN)c1. The number of nitrogens with zero attached hydrogens (tertiary/aromatic N) is 2. The molecule has 0 spiro atoms. The van der Waals surface area contributed by atoms with Gasteiger partial charge in [0.1, 0.15) is 12.4 Å². The van der Waals surface area contributed by atoms with Crippen LogP contribution >= 0.6 is 0 Å². The molecular formula is C15H24N4O2. The largest absolute Gasteiger partial charge is 0.490 e. The number of pyridine rings is 1. The molecule has 1 atom stereocenters. The Morgan fingerprint density at radius 3 is 3.14 bits per heavy atom. The molecule has 0 radical (unpaired) electrons. The Kier molecular flexibility index (Phi) is 5.95. The van der Waals surface area contributed by atoms with Crippen molar-refractivity contribution in [2.45, 2.75) is 25.3 Å². The number of aromatic nitrogens is 1. The number of carbonyl (C=O) groups excluding carboxylic acids is 1. The van der Waals surface area contributed by atoms with E-state index in [-0.39, 0.29) is 5.91 Å². The van der Waals surface area contributed by atoms with Crippen LogP contribution in [0.5, 0.6) is 5.75 Å². The first-order chi connectivity index (χ1) is 10.2. The van der Waals surface area contributed by atoms with Crippen molar-refractivity contribution < 1.29 is 9.53 Å².